The van der Waals surface area contributed by atoms with E-state index >= 15 is 0 Å². The fraction of sp³-hybridized carbons (Fsp3) is 0.444. The van der Waals surface area contributed by atoms with Crippen LogP contribution in [0.1, 0.15) is 17.0 Å². The van der Waals surface area contributed by atoms with Crippen molar-refractivity contribution in [2.24, 2.45) is 0 Å². The quantitative estimate of drug-likeness (QED) is 0.651. The zero-order valence-electron chi connectivity index (χ0n) is 14.7. The number of hydrogen-bond acceptors (Lipinski definition) is 3. The molecule has 0 bridgehead atoms. The monoisotopic (exact) mass is 408 g/mol. The average molecular weight is 409 g/mol. The van der Waals surface area contributed by atoms with Gasteiger partial charge in [0.1, 0.15) is 44.2 Å². The molecule has 0 unspecified atom stereocenters. The molecule has 1 fully saturated rings. The molecule has 1 amide bonds. The van der Waals surface area contributed by atoms with Gasteiger partial charge in [-0.3, -0.25) is 4.79 Å². The number of rotatable bonds is 5. The summed E-state index contributed by atoms with van der Waals surface area (Å²) in [6, 6.07) is 7.95. The summed E-state index contributed by atoms with van der Waals surface area (Å²) < 4.78 is 6.05. The SMILES string of the molecule is Cc1ccc(NC(=O)C[NH+]2CC[NH+](Cc3cc(C)on3)CC2)c(Br)c1. The third kappa shape index (κ3) is 5.14. The lowest BCUT2D eigenvalue weighted by Gasteiger charge is -2.28. The van der Waals surface area contributed by atoms with Gasteiger partial charge in [-0.15, -0.1) is 0 Å². The van der Waals surface area contributed by atoms with Gasteiger partial charge >= 0.3 is 0 Å². The van der Waals surface area contributed by atoms with E-state index < -0.39 is 0 Å². The fourth-order valence-corrected chi connectivity index (χ4v) is 3.80. The summed E-state index contributed by atoms with van der Waals surface area (Å²) >= 11 is 3.50. The molecule has 134 valence electrons. The summed E-state index contributed by atoms with van der Waals surface area (Å²) in [5.41, 5.74) is 3.01. The first-order valence-electron chi connectivity index (χ1n) is 8.65. The van der Waals surface area contributed by atoms with E-state index in [0.717, 1.165) is 59.9 Å². The Bertz CT molecular complexity index is 738. The predicted octanol–water partition coefficient (Wildman–Crippen LogP) is -0.0240. The summed E-state index contributed by atoms with van der Waals surface area (Å²) in [5, 5.41) is 7.07. The first-order chi connectivity index (χ1) is 12.0. The molecule has 3 rings (SSSR count). The molecule has 0 aliphatic carbocycles. The smallest absolute Gasteiger partial charge is 0.279 e. The van der Waals surface area contributed by atoms with Crippen LogP contribution in [-0.2, 0) is 11.3 Å². The molecule has 1 aromatic heterocycles. The lowest BCUT2D eigenvalue weighted by Crippen LogP contribution is -3.28. The molecule has 1 aliphatic rings. The zero-order valence-corrected chi connectivity index (χ0v) is 16.3. The summed E-state index contributed by atoms with van der Waals surface area (Å²) in [5.74, 6) is 0.924. The standard InChI is InChI=1S/C18H23BrN4O2/c1-13-3-4-17(16(19)9-13)20-18(24)12-23-7-5-22(6-8-23)11-15-10-14(2)25-21-15/h3-4,9-10H,5-8,11-12H2,1-2H3,(H,20,24)/p+2. The number of carbonyl (C=O) groups excluding carboxylic acids is 1. The van der Waals surface area contributed by atoms with Crippen molar-refractivity contribution in [3.63, 3.8) is 0 Å². The number of nitrogens with zero attached hydrogens (tertiary/aromatic N) is 1. The van der Waals surface area contributed by atoms with Crippen molar-refractivity contribution in [2.75, 3.05) is 38.0 Å². The Morgan fingerprint density at radius 1 is 1.20 bits per heavy atom. The minimum absolute atomic E-state index is 0.0649. The number of amides is 1. The molecule has 0 atom stereocenters. The van der Waals surface area contributed by atoms with Crippen LogP contribution in [0.5, 0.6) is 0 Å². The Labute approximate surface area is 156 Å². The molecule has 1 aromatic carbocycles. The zero-order chi connectivity index (χ0) is 17.8. The van der Waals surface area contributed by atoms with Crippen LogP contribution in [0.2, 0.25) is 0 Å². The minimum atomic E-state index is 0.0649. The fourth-order valence-electron chi connectivity index (χ4n) is 3.21. The molecule has 1 aliphatic heterocycles. The van der Waals surface area contributed by atoms with Crippen molar-refractivity contribution in [2.45, 2.75) is 20.4 Å². The van der Waals surface area contributed by atoms with Crippen molar-refractivity contribution in [1.29, 1.82) is 0 Å². The van der Waals surface area contributed by atoms with E-state index in [9.17, 15) is 4.79 Å². The van der Waals surface area contributed by atoms with E-state index in [4.69, 9.17) is 4.52 Å². The number of carbonyl (C=O) groups is 1. The molecular formula is C18H25BrN4O2+2. The highest BCUT2D eigenvalue weighted by molar-refractivity contribution is 9.10. The van der Waals surface area contributed by atoms with Crippen molar-refractivity contribution in [3.05, 3.63) is 45.8 Å². The van der Waals surface area contributed by atoms with Gasteiger partial charge in [-0.25, -0.2) is 0 Å². The number of benzene rings is 1. The predicted molar refractivity (Wildman–Crippen MR) is 98.7 cm³/mol. The summed E-state index contributed by atoms with van der Waals surface area (Å²) in [6.07, 6.45) is 0. The molecular weight excluding hydrogens is 384 g/mol. The Morgan fingerprint density at radius 2 is 1.92 bits per heavy atom. The van der Waals surface area contributed by atoms with E-state index in [1.54, 1.807) is 0 Å². The van der Waals surface area contributed by atoms with Crippen LogP contribution in [-0.4, -0.2) is 43.8 Å². The lowest BCUT2D eigenvalue weighted by molar-refractivity contribution is -1.02. The van der Waals surface area contributed by atoms with Gasteiger partial charge in [-0.2, -0.15) is 0 Å². The van der Waals surface area contributed by atoms with E-state index in [0.29, 0.717) is 6.54 Å². The second kappa shape index (κ2) is 8.12. The molecule has 1 saturated heterocycles. The number of aryl methyl sites for hydroxylation is 2. The third-order valence-electron chi connectivity index (χ3n) is 4.58. The summed E-state index contributed by atoms with van der Waals surface area (Å²) in [6.45, 7) is 9.43. The second-order valence-corrected chi connectivity index (χ2v) is 7.67. The molecule has 2 aromatic rings. The van der Waals surface area contributed by atoms with Gasteiger partial charge in [0.05, 0.1) is 5.69 Å². The summed E-state index contributed by atoms with van der Waals surface area (Å²) in [7, 11) is 0. The van der Waals surface area contributed by atoms with Crippen LogP contribution in [0, 0.1) is 13.8 Å². The van der Waals surface area contributed by atoms with Gasteiger partial charge in [0.15, 0.2) is 6.54 Å². The molecule has 0 saturated carbocycles. The highest BCUT2D eigenvalue weighted by Crippen LogP contribution is 2.22. The molecule has 0 spiro atoms. The van der Waals surface area contributed by atoms with Gasteiger partial charge in [-0.05, 0) is 47.5 Å². The highest BCUT2D eigenvalue weighted by Gasteiger charge is 2.25. The van der Waals surface area contributed by atoms with Crippen molar-refractivity contribution >= 4 is 27.5 Å². The van der Waals surface area contributed by atoms with E-state index in [1.165, 1.54) is 9.80 Å². The average Bonchev–Trinajstić information content (AvgIpc) is 2.97. The minimum Gasteiger partial charge on any atom is -0.361 e. The van der Waals surface area contributed by atoms with Crippen molar-refractivity contribution in [1.82, 2.24) is 5.16 Å². The first kappa shape index (κ1) is 18.1. The Balaban J connectivity index is 1.44. The van der Waals surface area contributed by atoms with Crippen LogP contribution in [0.25, 0.3) is 0 Å². The molecule has 0 radical (unpaired) electrons. The van der Waals surface area contributed by atoms with Crippen LogP contribution in [0.15, 0.2) is 33.3 Å². The van der Waals surface area contributed by atoms with Gasteiger partial charge in [0.25, 0.3) is 5.91 Å². The number of hydrogen-bond donors (Lipinski definition) is 3. The number of quaternary nitrogens is 2. The number of anilines is 1. The molecule has 7 heteroatoms. The molecule has 6 nitrogen and oxygen atoms in total. The van der Waals surface area contributed by atoms with Crippen molar-refractivity contribution in [3.8, 4) is 0 Å². The molecule has 3 N–H and O–H groups in total. The second-order valence-electron chi connectivity index (χ2n) is 6.81. The normalized spacial score (nSPS) is 20.4. The van der Waals surface area contributed by atoms with E-state index in [1.807, 2.05) is 38.1 Å². The van der Waals surface area contributed by atoms with Crippen LogP contribution in [0.4, 0.5) is 5.69 Å². The highest BCUT2D eigenvalue weighted by atomic mass is 79.9. The van der Waals surface area contributed by atoms with E-state index in [2.05, 4.69) is 26.4 Å². The number of nitrogens with one attached hydrogen (secondary N) is 3. The van der Waals surface area contributed by atoms with Crippen LogP contribution in [0.3, 0.4) is 0 Å². The maximum Gasteiger partial charge on any atom is 0.279 e. The van der Waals surface area contributed by atoms with Gasteiger partial charge in [0, 0.05) is 10.5 Å². The van der Waals surface area contributed by atoms with Gasteiger partial charge < -0.3 is 19.6 Å². The Morgan fingerprint density at radius 3 is 2.56 bits per heavy atom. The molecule has 2 heterocycles. The van der Waals surface area contributed by atoms with Gasteiger partial charge in [-0.1, -0.05) is 11.2 Å². The number of aromatic nitrogens is 1. The van der Waals surface area contributed by atoms with Crippen LogP contribution >= 0.6 is 15.9 Å². The maximum atomic E-state index is 12.3. The van der Waals surface area contributed by atoms with E-state index in [-0.39, 0.29) is 5.91 Å². The topological polar surface area (TPSA) is 64.0 Å². The maximum absolute atomic E-state index is 12.3. The number of halogens is 1. The Hall–Kier alpha value is -1.70. The Kier molecular flexibility index (Phi) is 5.88. The van der Waals surface area contributed by atoms with Crippen LogP contribution < -0.4 is 15.1 Å². The third-order valence-corrected chi connectivity index (χ3v) is 5.24. The first-order valence-corrected chi connectivity index (χ1v) is 9.44. The van der Waals surface area contributed by atoms with Crippen molar-refractivity contribution < 1.29 is 19.1 Å². The lowest BCUT2D eigenvalue weighted by atomic mass is 10.2. The molecule has 25 heavy (non-hydrogen) atoms. The largest absolute Gasteiger partial charge is 0.361 e. The van der Waals surface area contributed by atoms with Gasteiger partial charge in [0.2, 0.25) is 0 Å². The summed E-state index contributed by atoms with van der Waals surface area (Å²) in [4.78, 5) is 15.1. The number of piperazine rings is 1.